The van der Waals surface area contributed by atoms with E-state index in [9.17, 15) is 0 Å². The van der Waals surface area contributed by atoms with E-state index in [1.165, 1.54) is 36.6 Å². The summed E-state index contributed by atoms with van der Waals surface area (Å²) < 4.78 is 0. The number of benzene rings is 1. The van der Waals surface area contributed by atoms with Crippen LogP contribution in [0.2, 0.25) is 0 Å². The van der Waals surface area contributed by atoms with Gasteiger partial charge in [0.05, 0.1) is 5.52 Å². The molecule has 0 unspecified atom stereocenters. The third-order valence-corrected chi connectivity index (χ3v) is 3.40. The van der Waals surface area contributed by atoms with Crippen LogP contribution >= 0.6 is 0 Å². The molecule has 0 atom stereocenters. The zero-order chi connectivity index (χ0) is 12.1. The van der Waals surface area contributed by atoms with Gasteiger partial charge in [-0.1, -0.05) is 44.9 Å². The van der Waals surface area contributed by atoms with Crippen LogP contribution in [0.4, 0.5) is 0 Å². The molecule has 0 aliphatic carbocycles. The van der Waals surface area contributed by atoms with Gasteiger partial charge in [0.2, 0.25) is 0 Å². The van der Waals surface area contributed by atoms with E-state index >= 15 is 0 Å². The number of hydrogen-bond acceptors (Lipinski definition) is 1. The topological polar surface area (TPSA) is 12.9 Å². The average molecular weight is 227 g/mol. The van der Waals surface area contributed by atoms with Crippen molar-refractivity contribution in [3.63, 3.8) is 0 Å². The summed E-state index contributed by atoms with van der Waals surface area (Å²) in [5, 5.41) is 1.34. The van der Waals surface area contributed by atoms with Gasteiger partial charge < -0.3 is 0 Å². The summed E-state index contributed by atoms with van der Waals surface area (Å²) in [6, 6.07) is 10.7. The lowest BCUT2D eigenvalue weighted by Gasteiger charge is -2.17. The minimum atomic E-state index is 0.692. The number of para-hydroxylation sites is 1. The maximum absolute atomic E-state index is 4.44. The maximum Gasteiger partial charge on any atom is 0.0704 e. The van der Waals surface area contributed by atoms with Crippen LogP contribution in [-0.2, 0) is 0 Å². The molecule has 0 bridgehead atoms. The Hall–Kier alpha value is -1.37. The van der Waals surface area contributed by atoms with Crippen LogP contribution < -0.4 is 0 Å². The summed E-state index contributed by atoms with van der Waals surface area (Å²) in [5.41, 5.74) is 2.61. The number of pyridine rings is 1. The van der Waals surface area contributed by atoms with E-state index in [0.717, 1.165) is 5.52 Å². The van der Waals surface area contributed by atoms with E-state index < -0.39 is 0 Å². The third-order valence-electron chi connectivity index (χ3n) is 3.40. The number of rotatable bonds is 5. The first kappa shape index (κ1) is 12.1. The monoisotopic (exact) mass is 227 g/mol. The van der Waals surface area contributed by atoms with Gasteiger partial charge in [-0.2, -0.15) is 0 Å². The second kappa shape index (κ2) is 5.81. The van der Waals surface area contributed by atoms with E-state index in [-0.39, 0.29) is 0 Å². The third kappa shape index (κ3) is 2.66. The summed E-state index contributed by atoms with van der Waals surface area (Å²) in [4.78, 5) is 4.44. The van der Waals surface area contributed by atoms with Crippen LogP contribution in [0.25, 0.3) is 10.9 Å². The van der Waals surface area contributed by atoms with Crippen molar-refractivity contribution in [3.8, 4) is 0 Å². The predicted octanol–water partition coefficient (Wildman–Crippen LogP) is 4.92. The predicted molar refractivity (Wildman–Crippen MR) is 74.3 cm³/mol. The van der Waals surface area contributed by atoms with Crippen molar-refractivity contribution in [3.05, 3.63) is 42.1 Å². The van der Waals surface area contributed by atoms with Gasteiger partial charge in [-0.15, -0.1) is 0 Å². The number of nitrogens with zero attached hydrogens (tertiary/aromatic N) is 1. The molecule has 0 spiro atoms. The molecule has 0 saturated heterocycles. The van der Waals surface area contributed by atoms with Gasteiger partial charge in [0.25, 0.3) is 0 Å². The fraction of sp³-hybridized carbons (Fsp3) is 0.438. The first-order chi connectivity index (χ1) is 8.36. The van der Waals surface area contributed by atoms with Crippen molar-refractivity contribution in [2.75, 3.05) is 0 Å². The highest BCUT2D eigenvalue weighted by Gasteiger charge is 2.12. The van der Waals surface area contributed by atoms with Crippen molar-refractivity contribution in [1.82, 2.24) is 4.98 Å². The van der Waals surface area contributed by atoms with Crippen LogP contribution in [0.5, 0.6) is 0 Å². The minimum Gasteiger partial charge on any atom is -0.256 e. The summed E-state index contributed by atoms with van der Waals surface area (Å²) in [7, 11) is 0. The van der Waals surface area contributed by atoms with E-state index in [2.05, 4.69) is 49.2 Å². The van der Waals surface area contributed by atoms with Gasteiger partial charge in [0.1, 0.15) is 0 Å². The Morgan fingerprint density at radius 3 is 2.41 bits per heavy atom. The molecular formula is C16H21N. The zero-order valence-electron chi connectivity index (χ0n) is 10.8. The van der Waals surface area contributed by atoms with Gasteiger partial charge in [0.15, 0.2) is 0 Å². The standard InChI is InChI=1S/C16H21N/c1-3-7-13(8-4-2)14-11-12-17-16-10-6-5-9-15(14)16/h5-6,9-13H,3-4,7-8H2,1-2H3. The second-order valence-electron chi connectivity index (χ2n) is 4.69. The molecule has 1 heteroatoms. The molecule has 1 aromatic heterocycles. The molecule has 0 fully saturated rings. The molecule has 90 valence electrons. The Bertz CT molecular complexity index is 464. The summed E-state index contributed by atoms with van der Waals surface area (Å²) in [6.07, 6.45) is 7.02. The normalized spacial score (nSPS) is 11.2. The molecule has 1 heterocycles. The second-order valence-corrected chi connectivity index (χ2v) is 4.69. The van der Waals surface area contributed by atoms with Crippen molar-refractivity contribution in [2.45, 2.75) is 45.4 Å². The Morgan fingerprint density at radius 2 is 1.71 bits per heavy atom. The Morgan fingerprint density at radius 1 is 1.00 bits per heavy atom. The summed E-state index contributed by atoms with van der Waals surface area (Å²) >= 11 is 0. The van der Waals surface area contributed by atoms with Crippen LogP contribution in [0.15, 0.2) is 36.5 Å². The molecule has 1 aromatic carbocycles. The molecule has 0 N–H and O–H groups in total. The Kier molecular flexibility index (Phi) is 4.13. The first-order valence-electron chi connectivity index (χ1n) is 6.70. The molecule has 17 heavy (non-hydrogen) atoms. The molecule has 2 aromatic rings. The molecule has 0 radical (unpaired) electrons. The van der Waals surface area contributed by atoms with Crippen molar-refractivity contribution >= 4 is 10.9 Å². The quantitative estimate of drug-likeness (QED) is 0.706. The van der Waals surface area contributed by atoms with Crippen molar-refractivity contribution < 1.29 is 0 Å². The maximum atomic E-state index is 4.44. The van der Waals surface area contributed by atoms with Gasteiger partial charge in [-0.3, -0.25) is 4.98 Å². The van der Waals surface area contributed by atoms with Crippen molar-refractivity contribution in [2.24, 2.45) is 0 Å². The number of hydrogen-bond donors (Lipinski definition) is 0. The number of fused-ring (bicyclic) bond motifs is 1. The van der Waals surface area contributed by atoms with Gasteiger partial charge in [-0.25, -0.2) is 0 Å². The SMILES string of the molecule is CCCC(CCC)c1ccnc2ccccc12. The van der Waals surface area contributed by atoms with Gasteiger partial charge >= 0.3 is 0 Å². The molecule has 0 aliphatic rings. The fourth-order valence-corrected chi connectivity index (χ4v) is 2.63. The lowest BCUT2D eigenvalue weighted by atomic mass is 9.88. The minimum absolute atomic E-state index is 0.692. The number of aromatic nitrogens is 1. The highest BCUT2D eigenvalue weighted by molar-refractivity contribution is 5.82. The molecule has 0 amide bonds. The molecule has 2 rings (SSSR count). The van der Waals surface area contributed by atoms with E-state index in [4.69, 9.17) is 0 Å². The van der Waals surface area contributed by atoms with E-state index in [1.807, 2.05) is 6.20 Å². The smallest absolute Gasteiger partial charge is 0.0704 e. The van der Waals surface area contributed by atoms with Gasteiger partial charge in [0, 0.05) is 11.6 Å². The highest BCUT2D eigenvalue weighted by Crippen LogP contribution is 2.31. The van der Waals surface area contributed by atoms with E-state index in [1.54, 1.807) is 0 Å². The van der Waals surface area contributed by atoms with Gasteiger partial charge in [-0.05, 0) is 36.5 Å². The average Bonchev–Trinajstić information content (AvgIpc) is 2.38. The molecule has 1 nitrogen and oxygen atoms in total. The van der Waals surface area contributed by atoms with Crippen LogP contribution in [0.3, 0.4) is 0 Å². The van der Waals surface area contributed by atoms with Crippen molar-refractivity contribution in [1.29, 1.82) is 0 Å². The molecule has 0 saturated carbocycles. The fourth-order valence-electron chi connectivity index (χ4n) is 2.63. The van der Waals surface area contributed by atoms with E-state index in [0.29, 0.717) is 5.92 Å². The zero-order valence-corrected chi connectivity index (χ0v) is 10.8. The highest BCUT2D eigenvalue weighted by atomic mass is 14.6. The summed E-state index contributed by atoms with van der Waals surface area (Å²) in [5.74, 6) is 0.692. The molecular weight excluding hydrogens is 206 g/mol. The summed E-state index contributed by atoms with van der Waals surface area (Å²) in [6.45, 7) is 4.54. The largest absolute Gasteiger partial charge is 0.256 e. The lowest BCUT2D eigenvalue weighted by Crippen LogP contribution is -2.00. The van der Waals surface area contributed by atoms with Crippen LogP contribution in [-0.4, -0.2) is 4.98 Å². The first-order valence-corrected chi connectivity index (χ1v) is 6.70. The molecule has 0 aliphatic heterocycles. The lowest BCUT2D eigenvalue weighted by molar-refractivity contribution is 0.564. The Labute approximate surface area is 104 Å². The van der Waals surface area contributed by atoms with Crippen LogP contribution in [0.1, 0.15) is 51.0 Å². The van der Waals surface area contributed by atoms with Crippen LogP contribution in [0, 0.1) is 0 Å². The Balaban J connectivity index is 2.44.